The second kappa shape index (κ2) is 6.65. The highest BCUT2D eigenvalue weighted by Crippen LogP contribution is 2.26. The molecule has 0 aliphatic carbocycles. The highest BCUT2D eigenvalue weighted by molar-refractivity contribution is 7.88. The minimum Gasteiger partial charge on any atom is -0.294 e. The van der Waals surface area contributed by atoms with Crippen LogP contribution in [0.25, 0.3) is 0 Å². The Hall–Kier alpha value is -0.620. The number of hydrogen-bond donors (Lipinski definition) is 0. The molecule has 1 aromatic rings. The van der Waals surface area contributed by atoms with Crippen LogP contribution in [0.1, 0.15) is 29.6 Å². The fraction of sp³-hybridized carbons (Fsp3) is 0.500. The number of piperidine rings is 1. The maximum atomic E-state index is 12.3. The van der Waals surface area contributed by atoms with Crippen molar-refractivity contribution < 1.29 is 13.2 Å². The first-order valence-electron chi connectivity index (χ1n) is 6.71. The third kappa shape index (κ3) is 4.42. The van der Waals surface area contributed by atoms with Gasteiger partial charge in [-0.3, -0.25) is 4.79 Å². The van der Waals surface area contributed by atoms with E-state index < -0.39 is 10.0 Å². The standard InChI is InChI=1S/C14H17Cl2NO3S/c1-21(19,20)17-6-2-3-10(9-17)7-14(18)12-5-4-11(15)8-13(12)16/h4-5,8,10H,2-3,6-7,9H2,1H3. The molecule has 1 atom stereocenters. The molecule has 0 saturated carbocycles. The van der Waals surface area contributed by atoms with Crippen molar-refractivity contribution in [2.75, 3.05) is 19.3 Å². The fourth-order valence-corrected chi connectivity index (χ4v) is 4.04. The van der Waals surface area contributed by atoms with Crippen LogP contribution in [0.5, 0.6) is 0 Å². The first kappa shape index (κ1) is 16.7. The van der Waals surface area contributed by atoms with Crippen molar-refractivity contribution in [1.29, 1.82) is 0 Å². The molecule has 2 rings (SSSR count). The van der Waals surface area contributed by atoms with E-state index in [2.05, 4.69) is 0 Å². The van der Waals surface area contributed by atoms with Crippen LogP contribution >= 0.6 is 23.2 Å². The lowest BCUT2D eigenvalue weighted by atomic mass is 9.92. The Bertz CT molecular complexity index is 646. The van der Waals surface area contributed by atoms with Crippen LogP contribution < -0.4 is 0 Å². The normalized spacial score (nSPS) is 20.4. The van der Waals surface area contributed by atoms with Gasteiger partial charge in [0.15, 0.2) is 5.78 Å². The van der Waals surface area contributed by atoms with Gasteiger partial charge in [0.05, 0.1) is 11.3 Å². The molecule has 1 fully saturated rings. The molecule has 7 heteroatoms. The molecular weight excluding hydrogens is 333 g/mol. The molecule has 1 aromatic carbocycles. The van der Waals surface area contributed by atoms with Crippen LogP contribution in [0.2, 0.25) is 10.0 Å². The van der Waals surface area contributed by atoms with E-state index in [0.29, 0.717) is 35.1 Å². The highest BCUT2D eigenvalue weighted by Gasteiger charge is 2.27. The number of carbonyl (C=O) groups is 1. The molecule has 116 valence electrons. The zero-order valence-electron chi connectivity index (χ0n) is 11.7. The third-order valence-electron chi connectivity index (χ3n) is 3.66. The van der Waals surface area contributed by atoms with Crippen LogP contribution in [0.3, 0.4) is 0 Å². The molecule has 4 nitrogen and oxygen atoms in total. The number of hydrogen-bond acceptors (Lipinski definition) is 3. The van der Waals surface area contributed by atoms with Crippen LogP contribution in [-0.2, 0) is 10.0 Å². The van der Waals surface area contributed by atoms with Gasteiger partial charge in [0.25, 0.3) is 0 Å². The summed E-state index contributed by atoms with van der Waals surface area (Å²) in [5.41, 5.74) is 0.442. The molecule has 1 unspecified atom stereocenters. The summed E-state index contributed by atoms with van der Waals surface area (Å²) < 4.78 is 24.6. The average Bonchev–Trinajstić information content (AvgIpc) is 2.37. The number of halogens is 2. The summed E-state index contributed by atoms with van der Waals surface area (Å²) in [5.74, 6) is -0.0373. The largest absolute Gasteiger partial charge is 0.294 e. The van der Waals surface area contributed by atoms with E-state index in [9.17, 15) is 13.2 Å². The topological polar surface area (TPSA) is 54.5 Å². The van der Waals surface area contributed by atoms with Crippen molar-refractivity contribution in [3.8, 4) is 0 Å². The van der Waals surface area contributed by atoms with Crippen molar-refractivity contribution in [2.45, 2.75) is 19.3 Å². The lowest BCUT2D eigenvalue weighted by Crippen LogP contribution is -2.39. The molecule has 1 heterocycles. The van der Waals surface area contributed by atoms with Crippen LogP contribution in [0.4, 0.5) is 0 Å². The van der Waals surface area contributed by atoms with E-state index in [-0.39, 0.29) is 11.7 Å². The molecule has 1 saturated heterocycles. The maximum absolute atomic E-state index is 12.3. The van der Waals surface area contributed by atoms with Crippen molar-refractivity contribution in [3.05, 3.63) is 33.8 Å². The first-order valence-corrected chi connectivity index (χ1v) is 9.31. The zero-order chi connectivity index (χ0) is 15.6. The Morgan fingerprint density at radius 3 is 2.71 bits per heavy atom. The summed E-state index contributed by atoms with van der Waals surface area (Å²) in [5, 5.41) is 0.820. The molecular formula is C14H17Cl2NO3S. The van der Waals surface area contributed by atoms with Gasteiger partial charge in [-0.1, -0.05) is 23.2 Å². The smallest absolute Gasteiger partial charge is 0.211 e. The monoisotopic (exact) mass is 349 g/mol. The second-order valence-corrected chi connectivity index (χ2v) is 8.21. The summed E-state index contributed by atoms with van der Waals surface area (Å²) in [4.78, 5) is 12.3. The molecule has 21 heavy (non-hydrogen) atoms. The van der Waals surface area contributed by atoms with Gasteiger partial charge in [0, 0.05) is 30.1 Å². The van der Waals surface area contributed by atoms with Crippen molar-refractivity contribution in [2.24, 2.45) is 5.92 Å². The van der Waals surface area contributed by atoms with Crippen LogP contribution in [0.15, 0.2) is 18.2 Å². The second-order valence-electron chi connectivity index (χ2n) is 5.38. The molecule has 0 aromatic heterocycles. The number of Topliss-reactive ketones (excluding diaryl/α,β-unsaturated/α-hetero) is 1. The molecule has 0 N–H and O–H groups in total. The maximum Gasteiger partial charge on any atom is 0.211 e. The first-order chi connectivity index (χ1) is 9.77. The summed E-state index contributed by atoms with van der Waals surface area (Å²) in [6, 6.07) is 4.79. The molecule has 0 bridgehead atoms. The van der Waals surface area contributed by atoms with Gasteiger partial charge in [0.1, 0.15) is 0 Å². The molecule has 1 aliphatic rings. The number of benzene rings is 1. The zero-order valence-corrected chi connectivity index (χ0v) is 14.0. The predicted molar refractivity (Wildman–Crippen MR) is 84.6 cm³/mol. The highest BCUT2D eigenvalue weighted by atomic mass is 35.5. The summed E-state index contributed by atoms with van der Waals surface area (Å²) in [6.07, 6.45) is 3.13. The summed E-state index contributed by atoms with van der Waals surface area (Å²) >= 11 is 11.8. The van der Waals surface area contributed by atoms with E-state index in [1.807, 2.05) is 0 Å². The van der Waals surface area contributed by atoms with Gasteiger partial charge >= 0.3 is 0 Å². The Morgan fingerprint density at radius 2 is 2.10 bits per heavy atom. The average molecular weight is 350 g/mol. The lowest BCUT2D eigenvalue weighted by molar-refractivity contribution is 0.0942. The van der Waals surface area contributed by atoms with Crippen LogP contribution in [0, 0.1) is 5.92 Å². The van der Waals surface area contributed by atoms with E-state index in [4.69, 9.17) is 23.2 Å². The number of nitrogens with zero attached hydrogens (tertiary/aromatic N) is 1. The molecule has 1 aliphatic heterocycles. The molecule has 0 radical (unpaired) electrons. The van der Waals surface area contributed by atoms with Crippen molar-refractivity contribution in [3.63, 3.8) is 0 Å². The third-order valence-corrected chi connectivity index (χ3v) is 5.47. The summed E-state index contributed by atoms with van der Waals surface area (Å²) in [7, 11) is -3.19. The van der Waals surface area contributed by atoms with Crippen molar-refractivity contribution in [1.82, 2.24) is 4.31 Å². The lowest BCUT2D eigenvalue weighted by Gasteiger charge is -2.30. The van der Waals surface area contributed by atoms with Gasteiger partial charge in [0.2, 0.25) is 10.0 Å². The van der Waals surface area contributed by atoms with Gasteiger partial charge in [-0.05, 0) is 37.0 Å². The van der Waals surface area contributed by atoms with E-state index in [1.54, 1.807) is 18.2 Å². The SMILES string of the molecule is CS(=O)(=O)N1CCCC(CC(=O)c2ccc(Cl)cc2Cl)C1. The van der Waals surface area contributed by atoms with E-state index in [1.165, 1.54) is 10.6 Å². The number of carbonyl (C=O) groups excluding carboxylic acids is 1. The van der Waals surface area contributed by atoms with Crippen LogP contribution in [-0.4, -0.2) is 37.9 Å². The number of rotatable bonds is 4. The Kier molecular flexibility index (Phi) is 5.30. The molecule has 0 amide bonds. The Labute approximate surface area is 135 Å². The Balaban J connectivity index is 2.05. The summed E-state index contributed by atoms with van der Waals surface area (Å²) in [6.45, 7) is 0.932. The predicted octanol–water partition coefficient (Wildman–Crippen LogP) is 3.24. The van der Waals surface area contributed by atoms with Gasteiger partial charge in [-0.25, -0.2) is 12.7 Å². The fourth-order valence-electron chi connectivity index (χ4n) is 2.58. The number of ketones is 1. The van der Waals surface area contributed by atoms with E-state index in [0.717, 1.165) is 12.8 Å². The van der Waals surface area contributed by atoms with Crippen molar-refractivity contribution >= 4 is 39.0 Å². The number of sulfonamides is 1. The van der Waals surface area contributed by atoms with Gasteiger partial charge in [-0.15, -0.1) is 0 Å². The quantitative estimate of drug-likeness (QED) is 0.784. The minimum atomic E-state index is -3.19. The molecule has 0 spiro atoms. The van der Waals surface area contributed by atoms with E-state index >= 15 is 0 Å². The minimum absolute atomic E-state index is 0.0349. The van der Waals surface area contributed by atoms with Gasteiger partial charge in [-0.2, -0.15) is 0 Å². The Morgan fingerprint density at radius 1 is 1.38 bits per heavy atom. The van der Waals surface area contributed by atoms with Gasteiger partial charge < -0.3 is 0 Å².